The largest absolute Gasteiger partial charge is 0.298 e. The average molecular weight is 319 g/mol. The molecule has 0 saturated heterocycles. The Labute approximate surface area is 118 Å². The molecule has 0 atom stereocenters. The topological polar surface area (TPSA) is 3.24 Å². The van der Waals surface area contributed by atoms with Crippen molar-refractivity contribution in [2.75, 3.05) is 18.4 Å². The highest BCUT2D eigenvalue weighted by molar-refractivity contribution is 9.09. The highest BCUT2D eigenvalue weighted by Crippen LogP contribution is 2.19. The molecule has 0 N–H and O–H groups in total. The van der Waals surface area contributed by atoms with Crippen LogP contribution in [0.25, 0.3) is 0 Å². The van der Waals surface area contributed by atoms with Crippen molar-refractivity contribution in [2.24, 2.45) is 0 Å². The predicted molar refractivity (Wildman–Crippen MR) is 80.2 cm³/mol. The van der Waals surface area contributed by atoms with Crippen LogP contribution in [0.4, 0.5) is 0 Å². The monoisotopic (exact) mass is 317 g/mol. The molecule has 0 spiro atoms. The molecule has 0 fully saturated rings. The Morgan fingerprint density at radius 2 is 2.06 bits per heavy atom. The van der Waals surface area contributed by atoms with Crippen molar-refractivity contribution in [1.82, 2.24) is 4.90 Å². The normalized spacial score (nSPS) is 11.1. The number of alkyl halides is 1. The standard InChI is InChI=1S/C14H21BrClN/c1-3-4-8-17(9-7-15)11-13-6-5-12(2)10-14(13)16/h5-6,10H,3-4,7-9,11H2,1-2H3. The van der Waals surface area contributed by atoms with Gasteiger partial charge in [-0.05, 0) is 37.1 Å². The number of hydrogen-bond donors (Lipinski definition) is 0. The van der Waals surface area contributed by atoms with Crippen molar-refractivity contribution in [3.05, 3.63) is 34.3 Å². The zero-order chi connectivity index (χ0) is 12.7. The van der Waals surface area contributed by atoms with E-state index in [9.17, 15) is 0 Å². The SMILES string of the molecule is CCCCN(CCBr)Cc1ccc(C)cc1Cl. The summed E-state index contributed by atoms with van der Waals surface area (Å²) in [7, 11) is 0. The number of unbranched alkanes of at least 4 members (excludes halogenated alkanes) is 1. The van der Waals surface area contributed by atoms with Crippen molar-refractivity contribution in [3.8, 4) is 0 Å². The predicted octanol–water partition coefficient (Wildman–Crippen LogP) is 4.65. The molecule has 0 amide bonds. The van der Waals surface area contributed by atoms with Crippen molar-refractivity contribution < 1.29 is 0 Å². The van der Waals surface area contributed by atoms with Gasteiger partial charge in [-0.25, -0.2) is 0 Å². The minimum Gasteiger partial charge on any atom is -0.298 e. The van der Waals surface area contributed by atoms with Crippen LogP contribution in [0.3, 0.4) is 0 Å². The first kappa shape index (κ1) is 15.0. The summed E-state index contributed by atoms with van der Waals surface area (Å²) in [6.07, 6.45) is 2.48. The van der Waals surface area contributed by atoms with Gasteiger partial charge < -0.3 is 0 Å². The van der Waals surface area contributed by atoms with Gasteiger partial charge in [-0.15, -0.1) is 0 Å². The molecule has 0 heterocycles. The summed E-state index contributed by atoms with van der Waals surface area (Å²) in [4.78, 5) is 2.45. The lowest BCUT2D eigenvalue weighted by molar-refractivity contribution is 0.278. The van der Waals surface area contributed by atoms with E-state index in [2.05, 4.69) is 46.8 Å². The van der Waals surface area contributed by atoms with E-state index in [1.165, 1.54) is 24.0 Å². The third kappa shape index (κ3) is 5.41. The summed E-state index contributed by atoms with van der Waals surface area (Å²) in [6, 6.07) is 6.32. The van der Waals surface area contributed by atoms with Crippen LogP contribution in [-0.2, 0) is 6.54 Å². The van der Waals surface area contributed by atoms with Crippen molar-refractivity contribution in [2.45, 2.75) is 33.2 Å². The average Bonchev–Trinajstić information content (AvgIpc) is 2.29. The Morgan fingerprint density at radius 1 is 1.29 bits per heavy atom. The smallest absolute Gasteiger partial charge is 0.0453 e. The molecule has 3 heteroatoms. The van der Waals surface area contributed by atoms with Crippen molar-refractivity contribution in [1.29, 1.82) is 0 Å². The van der Waals surface area contributed by atoms with E-state index in [4.69, 9.17) is 11.6 Å². The summed E-state index contributed by atoms with van der Waals surface area (Å²) in [5.41, 5.74) is 2.45. The Balaban J connectivity index is 2.64. The first-order chi connectivity index (χ1) is 8.17. The molecule has 0 bridgehead atoms. The molecule has 1 aromatic carbocycles. The van der Waals surface area contributed by atoms with E-state index < -0.39 is 0 Å². The van der Waals surface area contributed by atoms with E-state index in [-0.39, 0.29) is 0 Å². The Bertz CT molecular complexity index is 341. The minimum atomic E-state index is 0.890. The van der Waals surface area contributed by atoms with Gasteiger partial charge in [0.1, 0.15) is 0 Å². The third-order valence-electron chi connectivity index (χ3n) is 2.83. The molecule has 1 aromatic rings. The van der Waals surface area contributed by atoms with Crippen molar-refractivity contribution >= 4 is 27.5 Å². The first-order valence-electron chi connectivity index (χ1n) is 6.20. The number of halogens is 2. The number of nitrogens with zero attached hydrogens (tertiary/aromatic N) is 1. The second-order valence-electron chi connectivity index (χ2n) is 4.41. The molecule has 0 radical (unpaired) electrons. The quantitative estimate of drug-likeness (QED) is 0.662. The van der Waals surface area contributed by atoms with E-state index in [1.807, 2.05) is 6.07 Å². The third-order valence-corrected chi connectivity index (χ3v) is 3.54. The maximum atomic E-state index is 6.27. The zero-order valence-electron chi connectivity index (χ0n) is 10.7. The van der Waals surface area contributed by atoms with Crippen LogP contribution >= 0.6 is 27.5 Å². The summed E-state index contributed by atoms with van der Waals surface area (Å²) < 4.78 is 0. The molecule has 17 heavy (non-hydrogen) atoms. The van der Waals surface area contributed by atoms with Gasteiger partial charge in [0.05, 0.1) is 0 Å². The molecule has 0 aromatic heterocycles. The van der Waals surface area contributed by atoms with E-state index in [0.29, 0.717) is 0 Å². The second-order valence-corrected chi connectivity index (χ2v) is 5.61. The van der Waals surface area contributed by atoms with Crippen LogP contribution in [0.1, 0.15) is 30.9 Å². The minimum absolute atomic E-state index is 0.890. The fourth-order valence-electron chi connectivity index (χ4n) is 1.79. The van der Waals surface area contributed by atoms with Crippen LogP contribution in [-0.4, -0.2) is 23.3 Å². The Hall–Kier alpha value is -0.0500. The molecule has 0 aliphatic carbocycles. The van der Waals surface area contributed by atoms with Gasteiger partial charge in [0.2, 0.25) is 0 Å². The van der Waals surface area contributed by atoms with Crippen LogP contribution in [0.5, 0.6) is 0 Å². The van der Waals surface area contributed by atoms with Gasteiger partial charge in [-0.3, -0.25) is 4.90 Å². The lowest BCUT2D eigenvalue weighted by Gasteiger charge is -2.21. The number of benzene rings is 1. The van der Waals surface area contributed by atoms with Gasteiger partial charge in [0.15, 0.2) is 0 Å². The van der Waals surface area contributed by atoms with Crippen molar-refractivity contribution in [3.63, 3.8) is 0 Å². The van der Waals surface area contributed by atoms with E-state index in [1.54, 1.807) is 0 Å². The molecule has 0 aliphatic rings. The summed E-state index contributed by atoms with van der Waals surface area (Å²) in [6.45, 7) is 7.47. The van der Waals surface area contributed by atoms with Gasteiger partial charge in [-0.2, -0.15) is 0 Å². The lowest BCUT2D eigenvalue weighted by Crippen LogP contribution is -2.26. The van der Waals surface area contributed by atoms with Crippen LogP contribution < -0.4 is 0 Å². The molecule has 0 saturated carbocycles. The van der Waals surface area contributed by atoms with Crippen LogP contribution in [0.2, 0.25) is 5.02 Å². The Morgan fingerprint density at radius 3 is 2.65 bits per heavy atom. The fourth-order valence-corrected chi connectivity index (χ4v) is 2.59. The lowest BCUT2D eigenvalue weighted by atomic mass is 10.1. The molecule has 1 rings (SSSR count). The summed E-state index contributed by atoms with van der Waals surface area (Å²) in [5.74, 6) is 0. The number of hydrogen-bond acceptors (Lipinski definition) is 1. The molecular weight excluding hydrogens is 298 g/mol. The number of rotatable bonds is 7. The fraction of sp³-hybridized carbons (Fsp3) is 0.571. The Kier molecular flexibility index (Phi) is 7.17. The maximum Gasteiger partial charge on any atom is 0.0453 e. The molecular formula is C14H21BrClN. The summed E-state index contributed by atoms with van der Waals surface area (Å²) in [5, 5.41) is 1.90. The molecule has 96 valence electrons. The summed E-state index contributed by atoms with van der Waals surface area (Å²) >= 11 is 9.78. The first-order valence-corrected chi connectivity index (χ1v) is 7.70. The van der Waals surface area contributed by atoms with Gasteiger partial charge in [0, 0.05) is 23.4 Å². The van der Waals surface area contributed by atoms with E-state index >= 15 is 0 Å². The molecule has 0 unspecified atom stereocenters. The zero-order valence-corrected chi connectivity index (χ0v) is 13.0. The van der Waals surface area contributed by atoms with E-state index in [0.717, 1.165) is 30.0 Å². The molecule has 0 aliphatic heterocycles. The van der Waals surface area contributed by atoms with Gasteiger partial charge in [-0.1, -0.05) is 53.0 Å². The highest BCUT2D eigenvalue weighted by atomic mass is 79.9. The number of aryl methyl sites for hydroxylation is 1. The van der Waals surface area contributed by atoms with Gasteiger partial charge in [0.25, 0.3) is 0 Å². The maximum absolute atomic E-state index is 6.27. The van der Waals surface area contributed by atoms with Gasteiger partial charge >= 0.3 is 0 Å². The highest BCUT2D eigenvalue weighted by Gasteiger charge is 2.07. The van der Waals surface area contributed by atoms with Crippen LogP contribution in [0.15, 0.2) is 18.2 Å². The van der Waals surface area contributed by atoms with Crippen LogP contribution in [0, 0.1) is 6.92 Å². The molecule has 1 nitrogen and oxygen atoms in total. The second kappa shape index (κ2) is 8.12.